The van der Waals surface area contributed by atoms with E-state index in [0.717, 1.165) is 25.1 Å². The van der Waals surface area contributed by atoms with Crippen molar-refractivity contribution in [3.8, 4) is 5.75 Å². The quantitative estimate of drug-likeness (QED) is 0.510. The zero-order valence-electron chi connectivity index (χ0n) is 9.41. The summed E-state index contributed by atoms with van der Waals surface area (Å²) >= 11 is 5.91. The third-order valence-corrected chi connectivity index (χ3v) is 2.85. The van der Waals surface area contributed by atoms with Crippen LogP contribution in [0.25, 0.3) is 0 Å². The molecule has 0 bridgehead atoms. The van der Waals surface area contributed by atoms with Gasteiger partial charge in [-0.05, 0) is 30.7 Å². The van der Waals surface area contributed by atoms with Gasteiger partial charge in [0.05, 0.1) is 11.4 Å². The number of esters is 1. The van der Waals surface area contributed by atoms with Gasteiger partial charge in [-0.3, -0.25) is 4.79 Å². The van der Waals surface area contributed by atoms with E-state index < -0.39 is 0 Å². The summed E-state index contributed by atoms with van der Waals surface area (Å²) in [4.78, 5) is 11.7. The Labute approximate surface area is 105 Å². The summed E-state index contributed by atoms with van der Waals surface area (Å²) in [6.07, 6.45) is 3.37. The molecule has 3 nitrogen and oxygen atoms in total. The van der Waals surface area contributed by atoms with E-state index >= 15 is 0 Å². The second kappa shape index (κ2) is 5.84. The molecular formula is C13H14ClNO2. The van der Waals surface area contributed by atoms with Gasteiger partial charge in [0, 0.05) is 6.54 Å². The molecule has 0 fully saturated rings. The normalized spacial score (nSPS) is 15.2. The summed E-state index contributed by atoms with van der Waals surface area (Å²) in [5.41, 5.74) is 1.08. The molecule has 0 amide bonds. The van der Waals surface area contributed by atoms with E-state index in [2.05, 4.69) is 11.4 Å². The third kappa shape index (κ3) is 3.58. The maximum atomic E-state index is 11.7. The topological polar surface area (TPSA) is 38.3 Å². The summed E-state index contributed by atoms with van der Waals surface area (Å²) in [7, 11) is 0. The molecule has 90 valence electrons. The molecule has 1 aromatic carbocycles. The monoisotopic (exact) mass is 251 g/mol. The van der Waals surface area contributed by atoms with Crippen molar-refractivity contribution in [3.05, 3.63) is 40.9 Å². The number of rotatable bonds is 3. The van der Waals surface area contributed by atoms with Crippen LogP contribution in [-0.2, 0) is 4.79 Å². The minimum absolute atomic E-state index is 0.270. The molecule has 0 atom stereocenters. The van der Waals surface area contributed by atoms with Crippen LogP contribution in [-0.4, -0.2) is 19.1 Å². The first-order valence-corrected chi connectivity index (χ1v) is 5.97. The lowest BCUT2D eigenvalue weighted by molar-refractivity contribution is -0.133. The average Bonchev–Trinajstić information content (AvgIpc) is 2.33. The molecule has 2 rings (SSSR count). The number of nitrogens with one attached hydrogen (secondary N) is 1. The highest BCUT2D eigenvalue weighted by atomic mass is 35.5. The Kier molecular flexibility index (Phi) is 4.18. The Bertz CT molecular complexity index is 443. The Morgan fingerprint density at radius 3 is 2.94 bits per heavy atom. The summed E-state index contributed by atoms with van der Waals surface area (Å²) in [5.74, 6) is 0.150. The smallest absolute Gasteiger partial charge is 0.315 e. The van der Waals surface area contributed by atoms with Crippen molar-refractivity contribution in [2.75, 3.05) is 13.1 Å². The van der Waals surface area contributed by atoms with E-state index in [1.54, 1.807) is 24.3 Å². The van der Waals surface area contributed by atoms with Gasteiger partial charge in [-0.2, -0.15) is 0 Å². The van der Waals surface area contributed by atoms with Crippen LogP contribution < -0.4 is 10.1 Å². The van der Waals surface area contributed by atoms with Gasteiger partial charge < -0.3 is 10.1 Å². The van der Waals surface area contributed by atoms with Crippen molar-refractivity contribution in [3.63, 3.8) is 0 Å². The Morgan fingerprint density at radius 2 is 2.24 bits per heavy atom. The first-order chi connectivity index (χ1) is 8.25. The van der Waals surface area contributed by atoms with Crippen LogP contribution in [0.3, 0.4) is 0 Å². The lowest BCUT2D eigenvalue weighted by Gasteiger charge is -2.13. The van der Waals surface area contributed by atoms with Gasteiger partial charge in [-0.15, -0.1) is 0 Å². The zero-order valence-corrected chi connectivity index (χ0v) is 10.2. The number of para-hydroxylation sites is 1. The molecule has 0 radical (unpaired) electrons. The van der Waals surface area contributed by atoms with Gasteiger partial charge in [0.15, 0.2) is 0 Å². The fourth-order valence-electron chi connectivity index (χ4n) is 1.71. The molecule has 0 saturated carbocycles. The second-order valence-corrected chi connectivity index (χ2v) is 4.32. The minimum Gasteiger partial charge on any atom is -0.425 e. The van der Waals surface area contributed by atoms with Crippen molar-refractivity contribution in [2.24, 2.45) is 0 Å². The van der Waals surface area contributed by atoms with Crippen molar-refractivity contribution in [1.29, 1.82) is 0 Å². The van der Waals surface area contributed by atoms with Gasteiger partial charge in [0.2, 0.25) is 0 Å². The third-order valence-electron chi connectivity index (χ3n) is 2.54. The molecule has 0 unspecified atom stereocenters. The molecule has 1 aliphatic heterocycles. The van der Waals surface area contributed by atoms with Crippen molar-refractivity contribution in [2.45, 2.75) is 12.8 Å². The van der Waals surface area contributed by atoms with Crippen LogP contribution in [0.1, 0.15) is 12.8 Å². The number of halogens is 1. The maximum Gasteiger partial charge on any atom is 0.315 e. The molecule has 0 spiro atoms. The number of benzene rings is 1. The second-order valence-electron chi connectivity index (χ2n) is 3.91. The highest BCUT2D eigenvalue weighted by Crippen LogP contribution is 2.23. The number of ether oxygens (including phenoxy) is 1. The maximum absolute atomic E-state index is 11.7. The van der Waals surface area contributed by atoms with E-state index in [9.17, 15) is 4.79 Å². The number of hydrogen-bond acceptors (Lipinski definition) is 3. The first-order valence-electron chi connectivity index (χ1n) is 5.59. The average molecular weight is 252 g/mol. The number of hydrogen-bond donors (Lipinski definition) is 1. The van der Waals surface area contributed by atoms with E-state index in [-0.39, 0.29) is 5.97 Å². The summed E-state index contributed by atoms with van der Waals surface area (Å²) in [6, 6.07) is 6.97. The van der Waals surface area contributed by atoms with E-state index in [0.29, 0.717) is 17.2 Å². The van der Waals surface area contributed by atoms with Crippen LogP contribution in [0, 0.1) is 0 Å². The molecule has 4 heteroatoms. The molecular weight excluding hydrogens is 238 g/mol. The zero-order chi connectivity index (χ0) is 12.1. The summed E-state index contributed by atoms with van der Waals surface area (Å²) < 4.78 is 5.21. The minimum atomic E-state index is -0.270. The van der Waals surface area contributed by atoms with Crippen molar-refractivity contribution in [1.82, 2.24) is 5.32 Å². The fourth-order valence-corrected chi connectivity index (χ4v) is 1.88. The van der Waals surface area contributed by atoms with Crippen molar-refractivity contribution >= 4 is 17.6 Å². The molecule has 1 aliphatic rings. The lowest BCUT2D eigenvalue weighted by Crippen LogP contribution is -2.24. The van der Waals surface area contributed by atoms with E-state index in [4.69, 9.17) is 16.3 Å². The molecule has 0 aromatic heterocycles. The molecule has 17 heavy (non-hydrogen) atoms. The molecule has 1 aromatic rings. The SMILES string of the molecule is O=C(CC1=CCCNC1)Oc1ccccc1Cl. The lowest BCUT2D eigenvalue weighted by atomic mass is 10.1. The molecule has 1 heterocycles. The van der Waals surface area contributed by atoms with Gasteiger partial charge in [-0.1, -0.05) is 29.8 Å². The first kappa shape index (κ1) is 12.1. The van der Waals surface area contributed by atoms with E-state index in [1.165, 1.54) is 0 Å². The fraction of sp³-hybridized carbons (Fsp3) is 0.308. The van der Waals surface area contributed by atoms with Crippen LogP contribution in [0.5, 0.6) is 5.75 Å². The predicted octanol–water partition coefficient (Wildman–Crippen LogP) is 2.56. The van der Waals surface area contributed by atoms with Gasteiger partial charge in [0.1, 0.15) is 5.75 Å². The molecule has 1 N–H and O–H groups in total. The van der Waals surface area contributed by atoms with Crippen LogP contribution >= 0.6 is 11.6 Å². The van der Waals surface area contributed by atoms with Gasteiger partial charge in [-0.25, -0.2) is 0 Å². The summed E-state index contributed by atoms with van der Waals surface area (Å²) in [5, 5.41) is 3.67. The Balaban J connectivity index is 1.93. The van der Waals surface area contributed by atoms with Crippen LogP contribution in [0.15, 0.2) is 35.9 Å². The molecule has 0 aliphatic carbocycles. The highest BCUT2D eigenvalue weighted by molar-refractivity contribution is 6.32. The predicted molar refractivity (Wildman–Crippen MR) is 67.3 cm³/mol. The molecule has 0 saturated heterocycles. The highest BCUT2D eigenvalue weighted by Gasteiger charge is 2.11. The van der Waals surface area contributed by atoms with Gasteiger partial charge in [0.25, 0.3) is 0 Å². The number of carbonyl (C=O) groups is 1. The standard InChI is InChI=1S/C13H14ClNO2/c14-11-5-1-2-6-12(11)17-13(16)8-10-4-3-7-15-9-10/h1-2,4-6,15H,3,7-9H2. The largest absolute Gasteiger partial charge is 0.425 e. The van der Waals surface area contributed by atoms with Crippen molar-refractivity contribution < 1.29 is 9.53 Å². The Morgan fingerprint density at radius 1 is 1.41 bits per heavy atom. The number of carbonyl (C=O) groups excluding carboxylic acids is 1. The Hall–Kier alpha value is -1.32. The van der Waals surface area contributed by atoms with Crippen LogP contribution in [0.2, 0.25) is 5.02 Å². The van der Waals surface area contributed by atoms with Gasteiger partial charge >= 0.3 is 5.97 Å². The van der Waals surface area contributed by atoms with Crippen LogP contribution in [0.4, 0.5) is 0 Å². The van der Waals surface area contributed by atoms with E-state index in [1.807, 2.05) is 0 Å². The summed E-state index contributed by atoms with van der Waals surface area (Å²) in [6.45, 7) is 1.74.